The van der Waals surface area contributed by atoms with E-state index < -0.39 is 0 Å². The summed E-state index contributed by atoms with van der Waals surface area (Å²) in [6, 6.07) is 20.4. The molecule has 2 amide bonds. The Kier molecular flexibility index (Phi) is 5.90. The van der Waals surface area contributed by atoms with Gasteiger partial charge < -0.3 is 14.8 Å². The summed E-state index contributed by atoms with van der Waals surface area (Å²) in [7, 11) is 0. The van der Waals surface area contributed by atoms with E-state index in [9.17, 15) is 9.18 Å². The van der Waals surface area contributed by atoms with Crippen LogP contribution in [-0.2, 0) is 25.8 Å². The highest BCUT2D eigenvalue weighted by Crippen LogP contribution is 2.44. The van der Waals surface area contributed by atoms with E-state index in [2.05, 4.69) is 34.3 Å². The Morgan fingerprint density at radius 2 is 1.86 bits per heavy atom. The number of aromatic nitrogens is 1. The van der Waals surface area contributed by atoms with Crippen LogP contribution in [0.2, 0.25) is 0 Å². The van der Waals surface area contributed by atoms with Crippen LogP contribution >= 0.6 is 11.3 Å². The van der Waals surface area contributed by atoms with Gasteiger partial charge in [-0.15, -0.1) is 11.3 Å². The van der Waals surface area contributed by atoms with Gasteiger partial charge in [0.1, 0.15) is 10.8 Å². The van der Waals surface area contributed by atoms with Gasteiger partial charge in [0.05, 0.1) is 18.3 Å². The zero-order valence-electron chi connectivity index (χ0n) is 19.5. The lowest BCUT2D eigenvalue weighted by molar-refractivity contribution is 0.180. The van der Waals surface area contributed by atoms with Crippen molar-refractivity contribution in [2.75, 3.05) is 6.54 Å². The summed E-state index contributed by atoms with van der Waals surface area (Å²) >= 11 is 1.86. The average molecular weight is 486 g/mol. The molecule has 4 nitrogen and oxygen atoms in total. The fraction of sp³-hybridized carbons (Fsp3) is 0.276. The summed E-state index contributed by atoms with van der Waals surface area (Å²) in [5, 5.41) is 4.36. The standard InChI is InChI=1S/C29H28FN3OS/c30-22-11-6-10-21(18-22)27-25-13-7-17-32(25)28-24(23-12-4-5-14-26(23)35-28)19-33(27)29(34)31-16-15-20-8-2-1-3-9-20/h1-3,6-11,13,17-18,27H,4-5,12,14-16,19H2,(H,31,34)/t27-/m1/s1. The number of nitrogens with zero attached hydrogens (tertiary/aromatic N) is 2. The maximum Gasteiger partial charge on any atom is 0.318 e. The number of carbonyl (C=O) groups is 1. The molecule has 0 bridgehead atoms. The van der Waals surface area contributed by atoms with Crippen LogP contribution in [0.3, 0.4) is 0 Å². The maximum atomic E-state index is 14.3. The highest BCUT2D eigenvalue weighted by atomic mass is 32.1. The molecule has 1 atom stereocenters. The molecule has 6 rings (SSSR count). The molecule has 3 heterocycles. The van der Waals surface area contributed by atoms with Crippen LogP contribution < -0.4 is 5.32 Å². The van der Waals surface area contributed by atoms with Crippen molar-refractivity contribution >= 4 is 17.4 Å². The van der Waals surface area contributed by atoms with Gasteiger partial charge in [-0.05, 0) is 73.1 Å². The van der Waals surface area contributed by atoms with Gasteiger partial charge in [-0.2, -0.15) is 0 Å². The molecule has 1 N–H and O–H groups in total. The fourth-order valence-corrected chi connectivity index (χ4v) is 6.88. The first-order chi connectivity index (χ1) is 17.2. The van der Waals surface area contributed by atoms with Gasteiger partial charge in [-0.25, -0.2) is 9.18 Å². The van der Waals surface area contributed by atoms with Crippen LogP contribution in [-0.4, -0.2) is 22.0 Å². The second-order valence-electron chi connectivity index (χ2n) is 9.35. The number of amides is 2. The average Bonchev–Trinajstić information content (AvgIpc) is 3.46. The number of fused-ring (bicyclic) bond motifs is 5. The Morgan fingerprint density at radius 1 is 1.00 bits per heavy atom. The van der Waals surface area contributed by atoms with Gasteiger partial charge in [-0.3, -0.25) is 0 Å². The van der Waals surface area contributed by atoms with Crippen LogP contribution in [0, 0.1) is 5.82 Å². The summed E-state index contributed by atoms with van der Waals surface area (Å²) in [6.07, 6.45) is 7.43. The van der Waals surface area contributed by atoms with E-state index in [1.54, 1.807) is 12.1 Å². The van der Waals surface area contributed by atoms with Crippen molar-refractivity contribution in [1.29, 1.82) is 0 Å². The number of urea groups is 1. The minimum Gasteiger partial charge on any atom is -0.338 e. The van der Waals surface area contributed by atoms with Crippen LogP contribution in [0.1, 0.15) is 51.7 Å². The third kappa shape index (κ3) is 4.16. The van der Waals surface area contributed by atoms with Crippen molar-refractivity contribution in [3.63, 3.8) is 0 Å². The molecule has 0 saturated carbocycles. The smallest absolute Gasteiger partial charge is 0.318 e. The first-order valence-corrected chi connectivity index (χ1v) is 13.2. The molecule has 0 spiro atoms. The van der Waals surface area contributed by atoms with Gasteiger partial charge in [0.25, 0.3) is 0 Å². The number of thiophene rings is 1. The summed E-state index contributed by atoms with van der Waals surface area (Å²) in [5.74, 6) is -0.290. The zero-order valence-corrected chi connectivity index (χ0v) is 20.4. The number of benzene rings is 2. The van der Waals surface area contributed by atoms with E-state index in [1.807, 2.05) is 46.6 Å². The van der Waals surface area contributed by atoms with Gasteiger partial charge in [0.2, 0.25) is 0 Å². The van der Waals surface area contributed by atoms with Crippen LogP contribution in [0.25, 0.3) is 5.00 Å². The lowest BCUT2D eigenvalue weighted by atomic mass is 9.95. The molecular formula is C29H28FN3OS. The molecule has 1 aliphatic carbocycles. The third-order valence-electron chi connectivity index (χ3n) is 7.14. The Balaban J connectivity index is 1.39. The van der Waals surface area contributed by atoms with Crippen molar-refractivity contribution in [3.8, 4) is 5.00 Å². The molecule has 0 unspecified atom stereocenters. The number of halogens is 1. The molecule has 0 saturated heterocycles. The van der Waals surface area contributed by atoms with Crippen molar-refractivity contribution in [2.45, 2.75) is 44.7 Å². The fourth-order valence-electron chi connectivity index (χ4n) is 5.47. The molecule has 0 radical (unpaired) electrons. The van der Waals surface area contributed by atoms with Crippen molar-refractivity contribution in [1.82, 2.24) is 14.8 Å². The molecule has 2 aromatic carbocycles. The summed E-state index contributed by atoms with van der Waals surface area (Å²) in [5.41, 5.74) is 5.63. The zero-order chi connectivity index (χ0) is 23.8. The SMILES string of the molecule is O=C(NCCc1ccccc1)N1Cc2c(sc3c2CCCC3)-n2cccc2[C@H]1c1cccc(F)c1. The molecule has 35 heavy (non-hydrogen) atoms. The second kappa shape index (κ2) is 9.34. The molecule has 0 fully saturated rings. The van der Waals surface area contributed by atoms with Crippen molar-refractivity contribution in [2.24, 2.45) is 0 Å². The predicted octanol–water partition coefficient (Wildman–Crippen LogP) is 6.41. The Hall–Kier alpha value is -3.38. The molecule has 4 aromatic rings. The maximum absolute atomic E-state index is 14.3. The van der Waals surface area contributed by atoms with E-state index >= 15 is 0 Å². The molecule has 1 aliphatic heterocycles. The first kappa shape index (κ1) is 22.1. The second-order valence-corrected chi connectivity index (χ2v) is 10.4. The Labute approximate surface area is 209 Å². The van der Waals surface area contributed by atoms with Crippen LogP contribution in [0.4, 0.5) is 9.18 Å². The molecule has 2 aliphatic rings. The number of aryl methyl sites for hydroxylation is 1. The minimum absolute atomic E-state index is 0.119. The number of hydrogen-bond donors (Lipinski definition) is 1. The topological polar surface area (TPSA) is 37.3 Å². The van der Waals surface area contributed by atoms with Gasteiger partial charge in [0.15, 0.2) is 0 Å². The molecule has 6 heteroatoms. The normalized spacial score (nSPS) is 16.7. The lowest BCUT2D eigenvalue weighted by Crippen LogP contribution is -2.42. The molecular weight excluding hydrogens is 457 g/mol. The quantitative estimate of drug-likeness (QED) is 0.356. The Morgan fingerprint density at radius 3 is 2.71 bits per heavy atom. The lowest BCUT2D eigenvalue weighted by Gasteiger charge is -2.31. The van der Waals surface area contributed by atoms with E-state index in [0.717, 1.165) is 30.5 Å². The predicted molar refractivity (Wildman–Crippen MR) is 138 cm³/mol. The number of hydrogen-bond acceptors (Lipinski definition) is 2. The molecule has 178 valence electrons. The highest BCUT2D eigenvalue weighted by molar-refractivity contribution is 7.15. The largest absolute Gasteiger partial charge is 0.338 e. The van der Waals surface area contributed by atoms with Crippen molar-refractivity contribution < 1.29 is 9.18 Å². The number of rotatable bonds is 4. The van der Waals surface area contributed by atoms with Gasteiger partial charge in [-0.1, -0.05) is 42.5 Å². The van der Waals surface area contributed by atoms with Crippen molar-refractivity contribution in [3.05, 3.63) is 112 Å². The van der Waals surface area contributed by atoms with E-state index in [-0.39, 0.29) is 17.9 Å². The van der Waals surface area contributed by atoms with Crippen LogP contribution in [0.5, 0.6) is 0 Å². The first-order valence-electron chi connectivity index (χ1n) is 12.3. The molecule has 2 aromatic heterocycles. The van der Waals surface area contributed by atoms with E-state index in [0.29, 0.717) is 13.1 Å². The highest BCUT2D eigenvalue weighted by Gasteiger charge is 2.36. The van der Waals surface area contributed by atoms with E-state index in [1.165, 1.54) is 45.5 Å². The number of nitrogens with one attached hydrogen (secondary N) is 1. The third-order valence-corrected chi connectivity index (χ3v) is 8.47. The summed E-state index contributed by atoms with van der Waals surface area (Å²) in [4.78, 5) is 17.1. The van der Waals surface area contributed by atoms with Crippen LogP contribution in [0.15, 0.2) is 72.9 Å². The number of carbonyl (C=O) groups excluding carboxylic acids is 1. The summed E-state index contributed by atoms with van der Waals surface area (Å²) < 4.78 is 16.6. The van der Waals surface area contributed by atoms with Gasteiger partial charge >= 0.3 is 6.03 Å². The Bertz CT molecular complexity index is 1360. The minimum atomic E-state index is -0.378. The van der Waals surface area contributed by atoms with Gasteiger partial charge in [0, 0.05) is 23.2 Å². The monoisotopic (exact) mass is 485 g/mol. The van der Waals surface area contributed by atoms with E-state index in [4.69, 9.17) is 0 Å². The summed E-state index contributed by atoms with van der Waals surface area (Å²) in [6.45, 7) is 1.06.